The van der Waals surface area contributed by atoms with Gasteiger partial charge in [-0.1, -0.05) is 55.9 Å². The Labute approximate surface area is 162 Å². The third kappa shape index (κ3) is 3.88. The Balaban J connectivity index is 1.59. The van der Waals surface area contributed by atoms with E-state index >= 15 is 0 Å². The Bertz CT molecular complexity index is 1020. The van der Waals surface area contributed by atoms with Gasteiger partial charge in [-0.15, -0.1) is 5.10 Å². The van der Waals surface area contributed by atoms with Crippen molar-refractivity contribution in [1.82, 2.24) is 29.8 Å². The van der Waals surface area contributed by atoms with Gasteiger partial charge >= 0.3 is 0 Å². The zero-order chi connectivity index (χ0) is 18.6. The van der Waals surface area contributed by atoms with Crippen LogP contribution in [-0.2, 0) is 12.3 Å². The molecule has 0 bridgehead atoms. The summed E-state index contributed by atoms with van der Waals surface area (Å²) in [5.74, 6) is 2.12. The zero-order valence-corrected chi connectivity index (χ0v) is 16.3. The summed E-state index contributed by atoms with van der Waals surface area (Å²) >= 11 is 1.68. The molecule has 0 fully saturated rings. The number of para-hydroxylation sites is 3. The predicted molar refractivity (Wildman–Crippen MR) is 108 cm³/mol. The fourth-order valence-electron chi connectivity index (χ4n) is 2.96. The molecule has 0 amide bonds. The number of aromatic nitrogens is 6. The molecule has 0 radical (unpaired) electrons. The predicted octanol–water partition coefficient (Wildman–Crippen LogP) is 4.35. The maximum Gasteiger partial charge on any atom is 0.169 e. The third-order valence-electron chi connectivity index (χ3n) is 4.41. The van der Waals surface area contributed by atoms with Gasteiger partial charge < -0.3 is 4.57 Å². The van der Waals surface area contributed by atoms with Crippen LogP contribution < -0.4 is 0 Å². The molecule has 2 aromatic carbocycles. The smallest absolute Gasteiger partial charge is 0.169 e. The molecule has 2 aromatic heterocycles. The average molecular weight is 379 g/mol. The highest BCUT2D eigenvalue weighted by Gasteiger charge is 2.14. The summed E-state index contributed by atoms with van der Waals surface area (Å²) in [6.45, 7) is 5.46. The second kappa shape index (κ2) is 7.92. The molecule has 138 valence electrons. The highest BCUT2D eigenvalue weighted by Crippen LogP contribution is 2.27. The van der Waals surface area contributed by atoms with E-state index in [0.717, 1.165) is 35.2 Å². The molecule has 4 rings (SSSR count). The number of aryl methyl sites for hydroxylation is 1. The van der Waals surface area contributed by atoms with Crippen LogP contribution >= 0.6 is 11.8 Å². The SMILES string of the molecule is CC(C)CCn1c(SCc2nnnn2-c2ccccc2)nc2ccccc21. The second-order valence-electron chi connectivity index (χ2n) is 6.85. The van der Waals surface area contributed by atoms with Crippen LogP contribution in [0.2, 0.25) is 0 Å². The molecule has 2 heterocycles. The normalized spacial score (nSPS) is 11.5. The summed E-state index contributed by atoms with van der Waals surface area (Å²) in [5, 5.41) is 13.2. The Hall–Kier alpha value is -2.67. The molecule has 0 aliphatic carbocycles. The van der Waals surface area contributed by atoms with Gasteiger partial charge in [-0.25, -0.2) is 4.98 Å². The van der Waals surface area contributed by atoms with E-state index in [0.29, 0.717) is 11.7 Å². The molecule has 0 aliphatic heterocycles. The first-order chi connectivity index (χ1) is 13.2. The van der Waals surface area contributed by atoms with Gasteiger partial charge in [-0.05, 0) is 47.0 Å². The molecule has 0 atom stereocenters. The van der Waals surface area contributed by atoms with Crippen LogP contribution in [0.4, 0.5) is 0 Å². The zero-order valence-electron chi connectivity index (χ0n) is 15.5. The largest absolute Gasteiger partial charge is 0.319 e. The second-order valence-corrected chi connectivity index (χ2v) is 7.79. The molecular weight excluding hydrogens is 356 g/mol. The maximum absolute atomic E-state index is 4.84. The highest BCUT2D eigenvalue weighted by molar-refractivity contribution is 7.98. The van der Waals surface area contributed by atoms with Crippen LogP contribution in [-0.4, -0.2) is 29.8 Å². The molecule has 0 saturated heterocycles. The molecule has 0 saturated carbocycles. The number of tetrazole rings is 1. The van der Waals surface area contributed by atoms with Crippen molar-refractivity contribution < 1.29 is 0 Å². The molecule has 7 heteroatoms. The molecule has 0 N–H and O–H groups in total. The number of rotatable bonds is 7. The molecule has 0 spiro atoms. The third-order valence-corrected chi connectivity index (χ3v) is 5.39. The van der Waals surface area contributed by atoms with Crippen molar-refractivity contribution in [3.05, 3.63) is 60.4 Å². The first-order valence-electron chi connectivity index (χ1n) is 9.13. The fourth-order valence-corrected chi connectivity index (χ4v) is 3.91. The minimum absolute atomic E-state index is 0.648. The van der Waals surface area contributed by atoms with Crippen LogP contribution in [0.5, 0.6) is 0 Å². The quantitative estimate of drug-likeness (QED) is 0.447. The molecule has 4 aromatic rings. The summed E-state index contributed by atoms with van der Waals surface area (Å²) in [6, 6.07) is 18.3. The Kier molecular flexibility index (Phi) is 5.20. The van der Waals surface area contributed by atoms with Gasteiger partial charge in [0.25, 0.3) is 0 Å². The van der Waals surface area contributed by atoms with E-state index in [1.165, 1.54) is 5.52 Å². The number of thioether (sulfide) groups is 1. The van der Waals surface area contributed by atoms with Crippen LogP contribution in [0, 0.1) is 5.92 Å². The van der Waals surface area contributed by atoms with Crippen molar-refractivity contribution in [3.8, 4) is 5.69 Å². The monoisotopic (exact) mass is 378 g/mol. The summed E-state index contributed by atoms with van der Waals surface area (Å²) in [5.41, 5.74) is 3.18. The van der Waals surface area contributed by atoms with Gasteiger partial charge in [0, 0.05) is 6.54 Å². The van der Waals surface area contributed by atoms with Gasteiger partial charge in [0.1, 0.15) is 0 Å². The number of imidazole rings is 1. The fraction of sp³-hybridized carbons (Fsp3) is 0.300. The van der Waals surface area contributed by atoms with Crippen LogP contribution in [0.1, 0.15) is 26.1 Å². The Morgan fingerprint density at radius 1 is 1.00 bits per heavy atom. The topological polar surface area (TPSA) is 61.4 Å². The summed E-state index contributed by atoms with van der Waals surface area (Å²) in [6.07, 6.45) is 1.12. The summed E-state index contributed by atoms with van der Waals surface area (Å²) in [4.78, 5) is 4.84. The number of hydrogen-bond acceptors (Lipinski definition) is 5. The van der Waals surface area contributed by atoms with Crippen molar-refractivity contribution in [2.45, 2.75) is 37.7 Å². The van der Waals surface area contributed by atoms with E-state index in [9.17, 15) is 0 Å². The minimum Gasteiger partial charge on any atom is -0.319 e. The highest BCUT2D eigenvalue weighted by atomic mass is 32.2. The van der Waals surface area contributed by atoms with E-state index in [-0.39, 0.29) is 0 Å². The standard InChI is InChI=1S/C20H22N6S/c1-15(2)12-13-25-18-11-7-6-10-17(18)21-20(25)27-14-19-22-23-24-26(19)16-8-4-3-5-9-16/h3-11,15H,12-14H2,1-2H3. The number of nitrogens with zero attached hydrogens (tertiary/aromatic N) is 6. The van der Waals surface area contributed by atoms with E-state index in [1.54, 1.807) is 16.4 Å². The van der Waals surface area contributed by atoms with Crippen molar-refractivity contribution in [3.63, 3.8) is 0 Å². The number of hydrogen-bond donors (Lipinski definition) is 0. The lowest BCUT2D eigenvalue weighted by Gasteiger charge is -2.10. The van der Waals surface area contributed by atoms with Gasteiger partial charge in [0.2, 0.25) is 0 Å². The van der Waals surface area contributed by atoms with E-state index < -0.39 is 0 Å². The summed E-state index contributed by atoms with van der Waals surface area (Å²) in [7, 11) is 0. The first-order valence-corrected chi connectivity index (χ1v) is 10.1. The van der Waals surface area contributed by atoms with Gasteiger partial charge in [-0.2, -0.15) is 4.68 Å². The molecule has 0 aliphatic rings. The number of fused-ring (bicyclic) bond motifs is 1. The Morgan fingerprint density at radius 2 is 1.78 bits per heavy atom. The minimum atomic E-state index is 0.648. The maximum atomic E-state index is 4.84. The van der Waals surface area contributed by atoms with E-state index in [4.69, 9.17) is 4.98 Å². The Morgan fingerprint density at radius 3 is 2.59 bits per heavy atom. The van der Waals surface area contributed by atoms with E-state index in [1.807, 2.05) is 36.4 Å². The van der Waals surface area contributed by atoms with Crippen LogP contribution in [0.25, 0.3) is 16.7 Å². The molecule has 27 heavy (non-hydrogen) atoms. The van der Waals surface area contributed by atoms with Crippen molar-refractivity contribution in [1.29, 1.82) is 0 Å². The van der Waals surface area contributed by atoms with Crippen molar-refractivity contribution >= 4 is 22.8 Å². The van der Waals surface area contributed by atoms with Gasteiger partial charge in [0.15, 0.2) is 11.0 Å². The number of benzene rings is 2. The molecule has 0 unspecified atom stereocenters. The van der Waals surface area contributed by atoms with E-state index in [2.05, 4.69) is 52.1 Å². The molecule has 6 nitrogen and oxygen atoms in total. The molecular formula is C20H22N6S. The average Bonchev–Trinajstić information content (AvgIpc) is 3.29. The summed E-state index contributed by atoms with van der Waals surface area (Å²) < 4.78 is 4.10. The first kappa shape index (κ1) is 17.7. The van der Waals surface area contributed by atoms with Crippen LogP contribution in [0.15, 0.2) is 59.8 Å². The van der Waals surface area contributed by atoms with Gasteiger partial charge in [0.05, 0.1) is 22.5 Å². The lowest BCUT2D eigenvalue weighted by Crippen LogP contribution is -2.05. The lowest BCUT2D eigenvalue weighted by atomic mass is 10.1. The van der Waals surface area contributed by atoms with Crippen molar-refractivity contribution in [2.24, 2.45) is 5.92 Å². The van der Waals surface area contributed by atoms with Crippen molar-refractivity contribution in [2.75, 3.05) is 0 Å². The van der Waals surface area contributed by atoms with Crippen LogP contribution in [0.3, 0.4) is 0 Å². The van der Waals surface area contributed by atoms with Gasteiger partial charge in [-0.3, -0.25) is 0 Å². The lowest BCUT2D eigenvalue weighted by molar-refractivity contribution is 0.503.